The fourth-order valence-corrected chi connectivity index (χ4v) is 5.97. The number of carbonyl (C=O) groups excluding carboxylic acids is 1. The van der Waals surface area contributed by atoms with E-state index in [0.717, 1.165) is 31.3 Å². The van der Waals surface area contributed by atoms with E-state index in [0.29, 0.717) is 28.2 Å². The Labute approximate surface area is 252 Å². The second kappa shape index (κ2) is 13.1. The predicted octanol–water partition coefficient (Wildman–Crippen LogP) is 8.20. The van der Waals surface area contributed by atoms with Crippen LogP contribution in [0.3, 0.4) is 0 Å². The zero-order valence-corrected chi connectivity index (χ0v) is 25.0. The molecule has 3 aromatic carbocycles. The molecule has 0 atom stereocenters. The van der Waals surface area contributed by atoms with Gasteiger partial charge in [-0.25, -0.2) is 10.4 Å². The third kappa shape index (κ3) is 8.40. The Hall–Kier alpha value is -2.68. The van der Waals surface area contributed by atoms with Gasteiger partial charge in [0.1, 0.15) is 12.4 Å². The maximum Gasteiger partial charge on any atom is 0.416 e. The third-order valence-corrected chi connectivity index (χ3v) is 7.65. The molecule has 0 spiro atoms. The number of carbonyl (C=O) groups is 1. The second-order valence-corrected chi connectivity index (χ2v) is 11.3. The first-order valence-electron chi connectivity index (χ1n) is 11.1. The van der Waals surface area contributed by atoms with Crippen LogP contribution in [0.2, 0.25) is 5.02 Å². The maximum atomic E-state index is 12.9. The number of alkyl halides is 3. The Morgan fingerprint density at radius 1 is 1.18 bits per heavy atom. The molecular weight excluding hydrogens is 732 g/mol. The summed E-state index contributed by atoms with van der Waals surface area (Å²) >= 11 is 13.0. The number of rotatable bonds is 9. The highest BCUT2D eigenvalue weighted by Gasteiger charge is 2.30. The molecule has 0 saturated heterocycles. The molecule has 13 heteroatoms. The Bertz CT molecular complexity index is 1490. The number of thiazole rings is 1. The van der Waals surface area contributed by atoms with Crippen LogP contribution in [0.1, 0.15) is 22.4 Å². The van der Waals surface area contributed by atoms with E-state index in [1.807, 2.05) is 30.3 Å². The fourth-order valence-electron chi connectivity index (χ4n) is 3.28. The van der Waals surface area contributed by atoms with Crippen LogP contribution in [0.15, 0.2) is 75.6 Å². The average Bonchev–Trinajstić information content (AvgIpc) is 3.30. The summed E-state index contributed by atoms with van der Waals surface area (Å²) in [5.74, 6) is 0.269. The van der Waals surface area contributed by atoms with Gasteiger partial charge in [-0.05, 0) is 80.5 Å². The van der Waals surface area contributed by atoms with Crippen LogP contribution >= 0.6 is 61.5 Å². The minimum absolute atomic E-state index is 0.0475. The van der Waals surface area contributed by atoms with Crippen LogP contribution in [0, 0.1) is 3.57 Å². The Balaban J connectivity index is 1.30. The molecular formula is C26H18BrClF3IN4O2S. The molecule has 1 heterocycles. The van der Waals surface area contributed by atoms with Crippen molar-refractivity contribution < 1.29 is 22.7 Å². The molecule has 4 aromatic rings. The van der Waals surface area contributed by atoms with Gasteiger partial charge >= 0.3 is 6.18 Å². The lowest BCUT2D eigenvalue weighted by Crippen LogP contribution is -2.20. The molecule has 0 unspecified atom stereocenters. The summed E-state index contributed by atoms with van der Waals surface area (Å²) < 4.78 is 46.2. The van der Waals surface area contributed by atoms with Crippen molar-refractivity contribution in [2.75, 3.05) is 5.32 Å². The van der Waals surface area contributed by atoms with Gasteiger partial charge in [0.15, 0.2) is 5.13 Å². The molecule has 0 saturated carbocycles. The summed E-state index contributed by atoms with van der Waals surface area (Å²) in [5.41, 5.74) is 4.01. The average molecular weight is 750 g/mol. The van der Waals surface area contributed by atoms with Crippen molar-refractivity contribution >= 4 is 84.4 Å². The van der Waals surface area contributed by atoms with Gasteiger partial charge in [0, 0.05) is 21.7 Å². The second-order valence-electron chi connectivity index (χ2n) is 8.01. The lowest BCUT2D eigenvalue weighted by Gasteiger charge is -2.12. The first-order valence-corrected chi connectivity index (χ1v) is 14.3. The van der Waals surface area contributed by atoms with Gasteiger partial charge in [0.05, 0.1) is 31.9 Å². The van der Waals surface area contributed by atoms with E-state index in [9.17, 15) is 18.0 Å². The first kappa shape index (κ1) is 29.3. The van der Waals surface area contributed by atoms with Crippen molar-refractivity contribution in [3.8, 4) is 5.75 Å². The lowest BCUT2D eigenvalue weighted by molar-refractivity contribution is -0.137. The molecule has 0 fully saturated rings. The molecule has 0 aliphatic carbocycles. The lowest BCUT2D eigenvalue weighted by atomic mass is 10.2. The summed E-state index contributed by atoms with van der Waals surface area (Å²) in [7, 11) is 0. The normalized spacial score (nSPS) is 11.5. The topological polar surface area (TPSA) is 75.6 Å². The molecule has 39 heavy (non-hydrogen) atoms. The van der Waals surface area contributed by atoms with Crippen molar-refractivity contribution in [1.29, 1.82) is 0 Å². The van der Waals surface area contributed by atoms with Gasteiger partial charge in [-0.3, -0.25) is 4.79 Å². The van der Waals surface area contributed by atoms with Gasteiger partial charge < -0.3 is 10.1 Å². The zero-order valence-electron chi connectivity index (χ0n) is 19.7. The Kier molecular flexibility index (Phi) is 9.86. The molecule has 1 aromatic heterocycles. The zero-order chi connectivity index (χ0) is 28.0. The molecule has 4 rings (SSSR count). The van der Waals surface area contributed by atoms with Crippen molar-refractivity contribution in [2.24, 2.45) is 5.10 Å². The molecule has 1 amide bonds. The van der Waals surface area contributed by atoms with E-state index in [-0.39, 0.29) is 12.1 Å². The number of hydrazone groups is 1. The number of hydrogen-bond donors (Lipinski definition) is 2. The summed E-state index contributed by atoms with van der Waals surface area (Å²) in [6.07, 6.45) is -2.98. The van der Waals surface area contributed by atoms with Crippen LogP contribution in [-0.4, -0.2) is 17.1 Å². The van der Waals surface area contributed by atoms with Gasteiger partial charge in [0.2, 0.25) is 5.91 Å². The largest absolute Gasteiger partial charge is 0.487 e. The molecule has 0 aliphatic heterocycles. The van der Waals surface area contributed by atoms with Crippen LogP contribution in [0.5, 0.6) is 5.75 Å². The van der Waals surface area contributed by atoms with Gasteiger partial charge in [-0.1, -0.05) is 35.9 Å². The van der Waals surface area contributed by atoms with Crippen LogP contribution in [-0.2, 0) is 24.0 Å². The highest BCUT2D eigenvalue weighted by Crippen LogP contribution is 2.33. The fraction of sp³-hybridized carbons (Fsp3) is 0.115. The van der Waals surface area contributed by atoms with Crippen molar-refractivity contribution in [3.63, 3.8) is 0 Å². The summed E-state index contributed by atoms with van der Waals surface area (Å²) in [4.78, 5) is 16.6. The summed E-state index contributed by atoms with van der Waals surface area (Å²) in [6.45, 7) is 0.311. The summed E-state index contributed by atoms with van der Waals surface area (Å²) in [5, 5.41) is 9.50. The molecule has 0 aliphatic rings. The predicted molar refractivity (Wildman–Crippen MR) is 159 cm³/mol. The van der Waals surface area contributed by atoms with E-state index in [4.69, 9.17) is 16.3 Å². The molecule has 6 nitrogen and oxygen atoms in total. The maximum absolute atomic E-state index is 12.9. The van der Waals surface area contributed by atoms with Gasteiger partial charge in [-0.2, -0.15) is 18.3 Å². The number of amides is 1. The first-order chi connectivity index (χ1) is 18.6. The van der Waals surface area contributed by atoms with E-state index < -0.39 is 17.6 Å². The van der Waals surface area contributed by atoms with Crippen LogP contribution < -0.4 is 15.5 Å². The number of ether oxygens (including phenoxy) is 1. The number of nitrogens with zero attached hydrogens (tertiary/aromatic N) is 2. The van der Waals surface area contributed by atoms with E-state index in [1.54, 1.807) is 11.4 Å². The monoisotopic (exact) mass is 748 g/mol. The number of halogens is 6. The standard InChI is InChI=1S/C26H18BrClF3IN4O2S/c27-20-8-15(9-22(32)24(20)38-13-16-4-1-2-7-21(16)28)12-33-36-23(37)11-19-14-39-25(35-19)34-18-6-3-5-17(10-18)26(29,30)31/h1-10,12,14H,11,13H2,(H,34,35)(H,36,37)/b33-12-. The van der Waals surface area contributed by atoms with Gasteiger partial charge in [-0.15, -0.1) is 11.3 Å². The Morgan fingerprint density at radius 3 is 2.72 bits per heavy atom. The molecule has 0 bridgehead atoms. The number of anilines is 2. The molecule has 202 valence electrons. The third-order valence-electron chi connectivity index (χ3n) is 5.09. The number of aromatic nitrogens is 1. The number of nitrogens with one attached hydrogen (secondary N) is 2. The Morgan fingerprint density at radius 2 is 1.97 bits per heavy atom. The van der Waals surface area contributed by atoms with E-state index in [1.165, 1.54) is 29.7 Å². The number of benzene rings is 3. The highest BCUT2D eigenvalue weighted by atomic mass is 127. The minimum Gasteiger partial charge on any atom is -0.487 e. The summed E-state index contributed by atoms with van der Waals surface area (Å²) in [6, 6.07) is 15.9. The van der Waals surface area contributed by atoms with Gasteiger partial charge in [0.25, 0.3) is 0 Å². The smallest absolute Gasteiger partial charge is 0.416 e. The van der Waals surface area contributed by atoms with Crippen molar-refractivity contribution in [2.45, 2.75) is 19.2 Å². The van der Waals surface area contributed by atoms with E-state index in [2.05, 4.69) is 59.3 Å². The SMILES string of the molecule is O=C(Cc1csc(Nc2cccc(C(F)(F)F)c2)n1)N/N=C\c1cc(Br)c(OCc2ccccc2Cl)c(I)c1. The van der Waals surface area contributed by atoms with Crippen LogP contribution in [0.4, 0.5) is 24.0 Å². The molecule has 0 radical (unpaired) electrons. The van der Waals surface area contributed by atoms with Crippen LogP contribution in [0.25, 0.3) is 0 Å². The highest BCUT2D eigenvalue weighted by molar-refractivity contribution is 14.1. The minimum atomic E-state index is -4.44. The molecule has 2 N–H and O–H groups in total. The quantitative estimate of drug-likeness (QED) is 0.103. The van der Waals surface area contributed by atoms with Crippen molar-refractivity contribution in [1.82, 2.24) is 10.4 Å². The van der Waals surface area contributed by atoms with Crippen molar-refractivity contribution in [3.05, 3.63) is 101 Å². The number of hydrogen-bond acceptors (Lipinski definition) is 6. The van der Waals surface area contributed by atoms with E-state index >= 15 is 0 Å².